The first-order chi connectivity index (χ1) is 4.41. The van der Waals surface area contributed by atoms with Crippen molar-refractivity contribution >= 4 is 21.6 Å². The fraction of sp³-hybridized carbons (Fsp3) is 0.333. The Labute approximate surface area is 63.6 Å². The monoisotopic (exact) mass is 162 g/mol. The van der Waals surface area contributed by atoms with Crippen LogP contribution < -0.4 is 0 Å². The fourth-order valence-electron chi connectivity index (χ4n) is 0.227. The van der Waals surface area contributed by atoms with Gasteiger partial charge in [0.05, 0.1) is 12.5 Å². The van der Waals surface area contributed by atoms with Gasteiger partial charge in [0.25, 0.3) is 0 Å². The van der Waals surface area contributed by atoms with Gasteiger partial charge in [-0.25, -0.2) is 0 Å². The summed E-state index contributed by atoms with van der Waals surface area (Å²) in [5.41, 5.74) is 0. The average molecular weight is 162 g/mol. The predicted molar refractivity (Wildman–Crippen MR) is 45.7 cm³/mol. The van der Waals surface area contributed by atoms with Crippen molar-refractivity contribution in [2.75, 3.05) is 12.5 Å². The summed E-state index contributed by atoms with van der Waals surface area (Å²) in [4.78, 5) is 0. The van der Waals surface area contributed by atoms with Crippen molar-refractivity contribution in [3.05, 3.63) is 24.7 Å². The summed E-state index contributed by atoms with van der Waals surface area (Å²) in [7, 11) is 3.55. The van der Waals surface area contributed by atoms with Crippen molar-refractivity contribution in [1.82, 2.24) is 0 Å². The molecule has 1 rings (SSSR count). The van der Waals surface area contributed by atoms with E-state index in [-0.39, 0.29) is 0 Å². The van der Waals surface area contributed by atoms with Crippen LogP contribution in [-0.2, 0) is 0 Å². The van der Waals surface area contributed by atoms with Gasteiger partial charge in [0, 0.05) is 0 Å². The summed E-state index contributed by atoms with van der Waals surface area (Å²) < 4.78 is 4.58. The smallest absolute Gasteiger partial charge is 0.0902 e. The van der Waals surface area contributed by atoms with Crippen molar-refractivity contribution < 1.29 is 4.42 Å². The van der Waals surface area contributed by atoms with Gasteiger partial charge in [-0.15, -0.1) is 0 Å². The molecule has 0 saturated carbocycles. The van der Waals surface area contributed by atoms with E-state index in [9.17, 15) is 0 Å². The molecule has 0 aliphatic carbocycles. The first-order valence-corrected chi connectivity index (χ1v) is 5.42. The lowest BCUT2D eigenvalue weighted by atomic mass is 10.7. The fourth-order valence-corrected chi connectivity index (χ4v) is 0.227. The number of furan rings is 1. The third-order valence-corrected chi connectivity index (χ3v) is 1.93. The molecule has 1 nitrogen and oxygen atoms in total. The average Bonchev–Trinajstić information content (AvgIpc) is 2.43. The van der Waals surface area contributed by atoms with Gasteiger partial charge in [-0.3, -0.25) is 0 Å². The van der Waals surface area contributed by atoms with Crippen LogP contribution in [0.2, 0.25) is 0 Å². The minimum atomic E-state index is 1.62. The second-order valence-electron chi connectivity index (χ2n) is 1.13. The van der Waals surface area contributed by atoms with Crippen LogP contribution in [0.15, 0.2) is 29.1 Å². The van der Waals surface area contributed by atoms with E-state index in [0.717, 1.165) is 0 Å². The molecule has 52 valence electrons. The summed E-state index contributed by atoms with van der Waals surface area (Å²) >= 11 is 0. The summed E-state index contributed by atoms with van der Waals surface area (Å²) in [6.07, 6.45) is 7.37. The first kappa shape index (κ1) is 8.98. The third-order valence-electron chi connectivity index (χ3n) is 0.592. The molecule has 0 atom stereocenters. The SMILES string of the molecule is CSSC.c1ccoc1. The standard InChI is InChI=1S/C4H4O.C2H6S2/c1-2-4-5-3-1;1-3-4-2/h1-4H;1-2H3. The highest BCUT2D eigenvalue weighted by Gasteiger charge is 1.59. The molecule has 0 aliphatic heterocycles. The van der Waals surface area contributed by atoms with Crippen molar-refractivity contribution in [3.63, 3.8) is 0 Å². The maximum Gasteiger partial charge on any atom is 0.0902 e. The molecule has 0 unspecified atom stereocenters. The van der Waals surface area contributed by atoms with Crippen LogP contribution >= 0.6 is 21.6 Å². The summed E-state index contributed by atoms with van der Waals surface area (Å²) in [6, 6.07) is 3.67. The Morgan fingerprint density at radius 3 is 1.56 bits per heavy atom. The molecule has 1 heterocycles. The van der Waals surface area contributed by atoms with Crippen molar-refractivity contribution in [2.24, 2.45) is 0 Å². The highest BCUT2D eigenvalue weighted by molar-refractivity contribution is 8.76. The van der Waals surface area contributed by atoms with E-state index in [4.69, 9.17) is 0 Å². The molecule has 0 saturated heterocycles. The van der Waals surface area contributed by atoms with E-state index in [2.05, 4.69) is 16.9 Å². The Kier molecular flexibility index (Phi) is 7.96. The maximum absolute atomic E-state index is 4.58. The van der Waals surface area contributed by atoms with Crippen molar-refractivity contribution in [1.29, 1.82) is 0 Å². The summed E-state index contributed by atoms with van der Waals surface area (Å²) in [5.74, 6) is 0. The second-order valence-corrected chi connectivity index (χ2v) is 3.79. The number of hydrogen-bond acceptors (Lipinski definition) is 3. The van der Waals surface area contributed by atoms with Gasteiger partial charge in [-0.1, -0.05) is 21.6 Å². The molecule has 0 aliphatic rings. The zero-order valence-corrected chi connectivity index (χ0v) is 7.17. The third kappa shape index (κ3) is 7.98. The van der Waals surface area contributed by atoms with Crippen LogP contribution in [0.5, 0.6) is 0 Å². The molecular formula is C6H10OS2. The first-order valence-electron chi connectivity index (χ1n) is 2.45. The largest absolute Gasteiger partial charge is 0.473 e. The Bertz CT molecular complexity index is 86.6. The Morgan fingerprint density at radius 1 is 1.00 bits per heavy atom. The molecule has 1 aromatic rings. The highest BCUT2D eigenvalue weighted by atomic mass is 33.1. The van der Waals surface area contributed by atoms with Crippen LogP contribution in [0, 0.1) is 0 Å². The number of rotatable bonds is 1. The zero-order chi connectivity index (χ0) is 6.95. The molecule has 0 radical (unpaired) electrons. The lowest BCUT2D eigenvalue weighted by Gasteiger charge is -1.69. The van der Waals surface area contributed by atoms with E-state index in [0.29, 0.717) is 0 Å². The van der Waals surface area contributed by atoms with Gasteiger partial charge in [0.1, 0.15) is 0 Å². The molecule has 9 heavy (non-hydrogen) atoms. The van der Waals surface area contributed by atoms with Crippen molar-refractivity contribution in [3.8, 4) is 0 Å². The molecular weight excluding hydrogens is 152 g/mol. The number of hydrogen-bond donors (Lipinski definition) is 0. The summed E-state index contributed by atoms with van der Waals surface area (Å²) in [5, 5.41) is 0. The topological polar surface area (TPSA) is 13.1 Å². The van der Waals surface area contributed by atoms with Gasteiger partial charge >= 0.3 is 0 Å². The highest BCUT2D eigenvalue weighted by Crippen LogP contribution is 2.09. The molecule has 0 amide bonds. The summed E-state index contributed by atoms with van der Waals surface area (Å²) in [6.45, 7) is 0. The van der Waals surface area contributed by atoms with Crippen molar-refractivity contribution in [2.45, 2.75) is 0 Å². The van der Waals surface area contributed by atoms with E-state index in [1.807, 2.05) is 12.1 Å². The Balaban J connectivity index is 0.000000148. The molecule has 0 aromatic carbocycles. The van der Waals surface area contributed by atoms with Crippen LogP contribution in [0.4, 0.5) is 0 Å². The minimum absolute atomic E-state index is 1.62. The second kappa shape index (κ2) is 7.98. The maximum atomic E-state index is 4.58. The lowest BCUT2D eigenvalue weighted by molar-refractivity contribution is 0.567. The van der Waals surface area contributed by atoms with E-state index in [1.165, 1.54) is 0 Å². The Morgan fingerprint density at radius 2 is 1.44 bits per heavy atom. The quantitative estimate of drug-likeness (QED) is 0.589. The van der Waals surface area contributed by atoms with E-state index >= 15 is 0 Å². The van der Waals surface area contributed by atoms with Gasteiger partial charge < -0.3 is 4.42 Å². The van der Waals surface area contributed by atoms with E-state index < -0.39 is 0 Å². The molecule has 3 heteroatoms. The molecule has 0 spiro atoms. The normalized spacial score (nSPS) is 7.78. The molecule has 0 bridgehead atoms. The van der Waals surface area contributed by atoms with E-state index in [1.54, 1.807) is 34.1 Å². The van der Waals surface area contributed by atoms with Crippen LogP contribution in [0.3, 0.4) is 0 Å². The molecule has 0 fully saturated rings. The lowest BCUT2D eigenvalue weighted by Crippen LogP contribution is -1.28. The van der Waals surface area contributed by atoms with Gasteiger partial charge in [-0.2, -0.15) is 0 Å². The zero-order valence-electron chi connectivity index (χ0n) is 5.53. The molecule has 0 N–H and O–H groups in total. The van der Waals surface area contributed by atoms with Crippen LogP contribution in [-0.4, -0.2) is 12.5 Å². The van der Waals surface area contributed by atoms with Crippen LogP contribution in [0.1, 0.15) is 0 Å². The Hall–Kier alpha value is -0.0200. The van der Waals surface area contributed by atoms with Gasteiger partial charge in [0.15, 0.2) is 0 Å². The minimum Gasteiger partial charge on any atom is -0.473 e. The predicted octanol–water partition coefficient (Wildman–Crippen LogP) is 2.91. The van der Waals surface area contributed by atoms with Crippen LogP contribution in [0.25, 0.3) is 0 Å². The van der Waals surface area contributed by atoms with Gasteiger partial charge in [0.2, 0.25) is 0 Å². The van der Waals surface area contributed by atoms with Gasteiger partial charge in [-0.05, 0) is 24.6 Å². The molecule has 1 aromatic heterocycles.